The smallest absolute Gasteiger partial charge is 0.337 e. The Balaban J connectivity index is 2.14. The van der Waals surface area contributed by atoms with Gasteiger partial charge in [0.05, 0.1) is 18.4 Å². The summed E-state index contributed by atoms with van der Waals surface area (Å²) in [7, 11) is 1.50. The van der Waals surface area contributed by atoms with Crippen molar-refractivity contribution in [2.45, 2.75) is 32.6 Å². The van der Waals surface area contributed by atoms with Crippen LogP contribution >= 0.6 is 0 Å². The van der Waals surface area contributed by atoms with E-state index in [1.165, 1.54) is 13.2 Å². The van der Waals surface area contributed by atoms with Crippen LogP contribution in [-0.4, -0.2) is 24.1 Å². The molecular formula is C16H21NO4. The second-order valence-electron chi connectivity index (χ2n) is 5.66. The number of ether oxygens (including phenoxy) is 1. The minimum Gasteiger partial charge on any atom is -0.497 e. The monoisotopic (exact) mass is 291 g/mol. The normalized spacial score (nSPS) is 21.6. The maximum Gasteiger partial charge on any atom is 0.337 e. The predicted molar refractivity (Wildman–Crippen MR) is 79.7 cm³/mol. The summed E-state index contributed by atoms with van der Waals surface area (Å²) in [5.74, 6) is -0.00932. The zero-order chi connectivity index (χ0) is 15.4. The van der Waals surface area contributed by atoms with E-state index in [9.17, 15) is 14.7 Å². The maximum atomic E-state index is 12.3. The van der Waals surface area contributed by atoms with Gasteiger partial charge in [0.1, 0.15) is 5.75 Å². The molecule has 2 rings (SSSR count). The summed E-state index contributed by atoms with van der Waals surface area (Å²) in [6.07, 6.45) is 3.81. The molecule has 0 atom stereocenters. The van der Waals surface area contributed by atoms with Gasteiger partial charge in [0.15, 0.2) is 0 Å². The summed E-state index contributed by atoms with van der Waals surface area (Å²) < 4.78 is 5.09. The first kappa shape index (κ1) is 15.4. The summed E-state index contributed by atoms with van der Waals surface area (Å²) in [6.45, 7) is 2.19. The number of aromatic carboxylic acids is 1. The fourth-order valence-electron chi connectivity index (χ4n) is 2.70. The van der Waals surface area contributed by atoms with Crippen LogP contribution in [0, 0.1) is 11.8 Å². The van der Waals surface area contributed by atoms with Crippen LogP contribution in [0.5, 0.6) is 5.75 Å². The number of carbonyl (C=O) groups is 2. The summed E-state index contributed by atoms with van der Waals surface area (Å²) in [4.78, 5) is 23.5. The van der Waals surface area contributed by atoms with Gasteiger partial charge in [-0.3, -0.25) is 4.79 Å². The molecule has 1 amide bonds. The molecule has 5 heteroatoms. The van der Waals surface area contributed by atoms with Gasteiger partial charge >= 0.3 is 5.97 Å². The van der Waals surface area contributed by atoms with Crippen molar-refractivity contribution < 1.29 is 19.4 Å². The van der Waals surface area contributed by atoms with Crippen molar-refractivity contribution in [1.82, 2.24) is 0 Å². The van der Waals surface area contributed by atoms with E-state index < -0.39 is 5.97 Å². The van der Waals surface area contributed by atoms with Crippen molar-refractivity contribution in [3.05, 3.63) is 23.8 Å². The molecule has 1 aliphatic rings. The van der Waals surface area contributed by atoms with Crippen LogP contribution in [0.4, 0.5) is 5.69 Å². The molecule has 1 saturated carbocycles. The van der Waals surface area contributed by atoms with E-state index in [1.54, 1.807) is 12.1 Å². The van der Waals surface area contributed by atoms with Crippen LogP contribution in [0.2, 0.25) is 0 Å². The van der Waals surface area contributed by atoms with E-state index in [2.05, 4.69) is 12.2 Å². The van der Waals surface area contributed by atoms with E-state index in [-0.39, 0.29) is 17.4 Å². The van der Waals surface area contributed by atoms with E-state index >= 15 is 0 Å². The average Bonchev–Trinajstić information content (AvgIpc) is 2.47. The molecule has 0 spiro atoms. The number of anilines is 1. The number of amides is 1. The highest BCUT2D eigenvalue weighted by Crippen LogP contribution is 2.30. The Bertz CT molecular complexity index is 533. The number of carbonyl (C=O) groups excluding carboxylic acids is 1. The molecular weight excluding hydrogens is 270 g/mol. The predicted octanol–water partition coefficient (Wildman–Crippen LogP) is 3.16. The highest BCUT2D eigenvalue weighted by Gasteiger charge is 2.25. The lowest BCUT2D eigenvalue weighted by Gasteiger charge is -2.25. The number of benzene rings is 1. The highest BCUT2D eigenvalue weighted by molar-refractivity contribution is 6.01. The number of carboxylic acids is 1. The van der Waals surface area contributed by atoms with Gasteiger partial charge in [0.25, 0.3) is 0 Å². The van der Waals surface area contributed by atoms with Crippen molar-refractivity contribution >= 4 is 17.6 Å². The van der Waals surface area contributed by atoms with Crippen LogP contribution in [0.3, 0.4) is 0 Å². The van der Waals surface area contributed by atoms with Gasteiger partial charge in [-0.2, -0.15) is 0 Å². The Kier molecular flexibility index (Phi) is 4.83. The van der Waals surface area contributed by atoms with Crippen LogP contribution in [0.1, 0.15) is 43.0 Å². The summed E-state index contributed by atoms with van der Waals surface area (Å²) in [5, 5.41) is 11.9. The quantitative estimate of drug-likeness (QED) is 0.893. The number of carboxylic acid groups (broad SMARTS) is 1. The van der Waals surface area contributed by atoms with Gasteiger partial charge in [-0.1, -0.05) is 6.92 Å². The molecule has 0 unspecified atom stereocenters. The van der Waals surface area contributed by atoms with Gasteiger partial charge in [-0.25, -0.2) is 4.79 Å². The van der Waals surface area contributed by atoms with Crippen molar-refractivity contribution in [3.8, 4) is 5.75 Å². The zero-order valence-corrected chi connectivity index (χ0v) is 12.4. The zero-order valence-electron chi connectivity index (χ0n) is 12.4. The van der Waals surface area contributed by atoms with Gasteiger partial charge in [0.2, 0.25) is 5.91 Å². The molecule has 0 heterocycles. The van der Waals surface area contributed by atoms with Gasteiger partial charge in [0, 0.05) is 12.0 Å². The van der Waals surface area contributed by atoms with E-state index in [0.29, 0.717) is 17.4 Å². The maximum absolute atomic E-state index is 12.3. The van der Waals surface area contributed by atoms with E-state index in [1.807, 2.05) is 0 Å². The average molecular weight is 291 g/mol. The third-order valence-corrected chi connectivity index (χ3v) is 4.10. The molecule has 0 aromatic heterocycles. The van der Waals surface area contributed by atoms with Gasteiger partial charge in [-0.05, 0) is 43.7 Å². The van der Waals surface area contributed by atoms with Crippen LogP contribution in [0.25, 0.3) is 0 Å². The number of rotatable bonds is 4. The fraction of sp³-hybridized carbons (Fsp3) is 0.500. The first-order valence-electron chi connectivity index (χ1n) is 7.23. The lowest BCUT2D eigenvalue weighted by molar-refractivity contribution is -0.121. The van der Waals surface area contributed by atoms with Crippen LogP contribution < -0.4 is 10.1 Å². The minimum absolute atomic E-state index is 0.0333. The van der Waals surface area contributed by atoms with E-state index in [4.69, 9.17) is 4.74 Å². The highest BCUT2D eigenvalue weighted by atomic mass is 16.5. The van der Waals surface area contributed by atoms with Gasteiger partial charge in [-0.15, -0.1) is 0 Å². The summed E-state index contributed by atoms with van der Waals surface area (Å²) in [6, 6.07) is 4.56. The van der Waals surface area contributed by atoms with E-state index in [0.717, 1.165) is 25.7 Å². The standard InChI is InChI=1S/C16H21NO4/c1-10-3-5-11(6-4-10)15(18)17-14-9-12(21-2)7-8-13(14)16(19)20/h7-11H,3-6H2,1-2H3,(H,17,18)(H,19,20). The number of hydrogen-bond acceptors (Lipinski definition) is 3. The molecule has 0 bridgehead atoms. The summed E-state index contributed by atoms with van der Waals surface area (Å²) >= 11 is 0. The second kappa shape index (κ2) is 6.61. The Morgan fingerprint density at radius 2 is 1.90 bits per heavy atom. The Morgan fingerprint density at radius 1 is 1.24 bits per heavy atom. The number of nitrogens with one attached hydrogen (secondary N) is 1. The van der Waals surface area contributed by atoms with Crippen molar-refractivity contribution in [2.24, 2.45) is 11.8 Å². The molecule has 0 aliphatic heterocycles. The first-order valence-corrected chi connectivity index (χ1v) is 7.23. The molecule has 1 aliphatic carbocycles. The lowest BCUT2D eigenvalue weighted by atomic mass is 9.82. The van der Waals surface area contributed by atoms with Crippen LogP contribution in [0.15, 0.2) is 18.2 Å². The molecule has 21 heavy (non-hydrogen) atoms. The Morgan fingerprint density at radius 3 is 2.48 bits per heavy atom. The third-order valence-electron chi connectivity index (χ3n) is 4.10. The SMILES string of the molecule is COc1ccc(C(=O)O)c(NC(=O)C2CCC(C)CC2)c1. The second-order valence-corrected chi connectivity index (χ2v) is 5.66. The largest absolute Gasteiger partial charge is 0.497 e. The molecule has 0 radical (unpaired) electrons. The first-order chi connectivity index (χ1) is 10.0. The number of methoxy groups -OCH3 is 1. The topological polar surface area (TPSA) is 75.6 Å². The summed E-state index contributed by atoms with van der Waals surface area (Å²) in [5.41, 5.74) is 0.374. The number of hydrogen-bond donors (Lipinski definition) is 2. The van der Waals surface area contributed by atoms with Crippen LogP contribution in [-0.2, 0) is 4.79 Å². The molecule has 5 nitrogen and oxygen atoms in total. The van der Waals surface area contributed by atoms with Crippen molar-refractivity contribution in [1.29, 1.82) is 0 Å². The molecule has 1 aromatic carbocycles. The van der Waals surface area contributed by atoms with Crippen molar-refractivity contribution in [2.75, 3.05) is 12.4 Å². The van der Waals surface area contributed by atoms with Crippen molar-refractivity contribution in [3.63, 3.8) is 0 Å². The molecule has 114 valence electrons. The Hall–Kier alpha value is -2.04. The third kappa shape index (κ3) is 3.74. The fourth-order valence-corrected chi connectivity index (χ4v) is 2.70. The molecule has 0 saturated heterocycles. The van der Waals surface area contributed by atoms with Gasteiger partial charge < -0.3 is 15.2 Å². The lowest BCUT2D eigenvalue weighted by Crippen LogP contribution is -2.27. The molecule has 1 aromatic rings. The molecule has 2 N–H and O–H groups in total. The Labute approximate surface area is 124 Å². The molecule has 1 fully saturated rings. The minimum atomic E-state index is -1.06.